The van der Waals surface area contributed by atoms with Gasteiger partial charge in [-0.3, -0.25) is 0 Å². The van der Waals surface area contributed by atoms with Crippen molar-refractivity contribution < 1.29 is 18.1 Å². The van der Waals surface area contributed by atoms with E-state index in [0.29, 0.717) is 5.46 Å². The maximum Gasteiger partial charge on any atom is 0.491 e. The number of hydrogen-bond donors (Lipinski definition) is 1. The third-order valence-corrected chi connectivity index (χ3v) is 5.98. The molecule has 0 spiro atoms. The Bertz CT molecular complexity index is 803. The average molecular weight is 343 g/mol. The van der Waals surface area contributed by atoms with Crippen molar-refractivity contribution in [3.05, 3.63) is 52.0 Å². The number of sulfone groups is 1. The Labute approximate surface area is 132 Å². The molecule has 0 unspecified atom stereocenters. The molecule has 0 aromatic heterocycles. The van der Waals surface area contributed by atoms with Gasteiger partial charge in [0.25, 0.3) is 0 Å². The lowest BCUT2D eigenvalue weighted by molar-refractivity contribution is 0.275. The lowest BCUT2D eigenvalue weighted by Crippen LogP contribution is -2.28. The Morgan fingerprint density at radius 3 is 2.48 bits per heavy atom. The van der Waals surface area contributed by atoms with Crippen molar-refractivity contribution in [1.29, 1.82) is 0 Å². The molecule has 8 heteroatoms. The van der Waals surface area contributed by atoms with Crippen molar-refractivity contribution in [2.45, 2.75) is 16.4 Å². The Morgan fingerprint density at radius 2 is 1.81 bits per heavy atom. The van der Waals surface area contributed by atoms with Crippen LogP contribution in [-0.4, -0.2) is 20.6 Å². The molecule has 1 heterocycles. The van der Waals surface area contributed by atoms with Gasteiger partial charge in [-0.15, -0.1) is 0 Å². The van der Waals surface area contributed by atoms with Gasteiger partial charge in [-0.1, -0.05) is 35.3 Å². The predicted octanol–water partition coefficient (Wildman–Crippen LogP) is 2.04. The van der Waals surface area contributed by atoms with Crippen LogP contribution in [0.3, 0.4) is 0 Å². The zero-order chi connectivity index (χ0) is 15.2. The summed E-state index contributed by atoms with van der Waals surface area (Å²) >= 11 is 11.9. The van der Waals surface area contributed by atoms with Gasteiger partial charge >= 0.3 is 7.12 Å². The lowest BCUT2D eigenvalue weighted by Gasteiger charge is -2.10. The van der Waals surface area contributed by atoms with E-state index in [2.05, 4.69) is 0 Å². The molecule has 1 N–H and O–H groups in total. The first-order chi connectivity index (χ1) is 9.91. The highest BCUT2D eigenvalue weighted by molar-refractivity contribution is 7.91. The SMILES string of the molecule is O=S(=O)(c1ccc2c(c1)B(O)OC2)c1c(Cl)cccc1Cl. The zero-order valence-electron chi connectivity index (χ0n) is 10.6. The fraction of sp³-hybridized carbons (Fsp3) is 0.0769. The summed E-state index contributed by atoms with van der Waals surface area (Å²) in [6.45, 7) is 0.254. The van der Waals surface area contributed by atoms with E-state index in [1.807, 2.05) is 0 Å². The van der Waals surface area contributed by atoms with Crippen LogP contribution in [0.15, 0.2) is 46.2 Å². The summed E-state index contributed by atoms with van der Waals surface area (Å²) < 4.78 is 30.4. The van der Waals surface area contributed by atoms with Crippen LogP contribution in [0.4, 0.5) is 0 Å². The highest BCUT2D eigenvalue weighted by Crippen LogP contribution is 2.33. The maximum absolute atomic E-state index is 12.7. The molecular formula is C13H9BCl2O4S. The number of halogens is 2. The van der Waals surface area contributed by atoms with Crippen LogP contribution in [0.2, 0.25) is 10.0 Å². The first-order valence-electron chi connectivity index (χ1n) is 6.03. The van der Waals surface area contributed by atoms with E-state index in [-0.39, 0.29) is 26.4 Å². The molecular weight excluding hydrogens is 334 g/mol. The molecule has 0 atom stereocenters. The van der Waals surface area contributed by atoms with E-state index in [9.17, 15) is 13.4 Å². The first-order valence-corrected chi connectivity index (χ1v) is 8.27. The Hall–Kier alpha value is -1.05. The van der Waals surface area contributed by atoms with Crippen molar-refractivity contribution >= 4 is 45.6 Å². The average Bonchev–Trinajstić information content (AvgIpc) is 2.79. The fourth-order valence-corrected chi connectivity index (χ4v) is 4.64. The van der Waals surface area contributed by atoms with Crippen LogP contribution in [0.1, 0.15) is 5.56 Å². The summed E-state index contributed by atoms with van der Waals surface area (Å²) in [6, 6.07) is 8.96. The van der Waals surface area contributed by atoms with Gasteiger partial charge in [-0.2, -0.15) is 0 Å². The molecule has 3 rings (SSSR count). The van der Waals surface area contributed by atoms with Crippen molar-refractivity contribution in [3.8, 4) is 0 Å². The molecule has 21 heavy (non-hydrogen) atoms. The second-order valence-electron chi connectivity index (χ2n) is 4.58. The van der Waals surface area contributed by atoms with Gasteiger partial charge in [0.15, 0.2) is 0 Å². The van der Waals surface area contributed by atoms with Gasteiger partial charge in [-0.05, 0) is 35.3 Å². The molecule has 4 nitrogen and oxygen atoms in total. The maximum atomic E-state index is 12.7. The van der Waals surface area contributed by atoms with E-state index < -0.39 is 17.0 Å². The van der Waals surface area contributed by atoms with Crippen LogP contribution in [0.5, 0.6) is 0 Å². The smallest absolute Gasteiger partial charge is 0.423 e. The summed E-state index contributed by atoms with van der Waals surface area (Å²) in [5, 5.41) is 9.79. The molecule has 0 radical (unpaired) electrons. The van der Waals surface area contributed by atoms with Gasteiger partial charge in [-0.25, -0.2) is 8.42 Å². The second kappa shape index (κ2) is 5.30. The van der Waals surface area contributed by atoms with Gasteiger partial charge in [0, 0.05) is 0 Å². The monoisotopic (exact) mass is 342 g/mol. The molecule has 0 fully saturated rings. The largest absolute Gasteiger partial charge is 0.491 e. The lowest BCUT2D eigenvalue weighted by atomic mass is 9.80. The molecule has 1 aliphatic heterocycles. The number of hydrogen-bond acceptors (Lipinski definition) is 4. The minimum atomic E-state index is -3.88. The van der Waals surface area contributed by atoms with Crippen LogP contribution in [0.25, 0.3) is 0 Å². The molecule has 0 aliphatic carbocycles. The molecule has 0 saturated heterocycles. The molecule has 2 aromatic rings. The summed E-state index contributed by atoms with van der Waals surface area (Å²) in [5.41, 5.74) is 1.20. The summed E-state index contributed by atoms with van der Waals surface area (Å²) in [7, 11) is -4.99. The van der Waals surface area contributed by atoms with Crippen molar-refractivity contribution in [1.82, 2.24) is 0 Å². The summed E-state index contributed by atoms with van der Waals surface area (Å²) in [6.07, 6.45) is 0. The van der Waals surface area contributed by atoms with Gasteiger partial charge < -0.3 is 9.68 Å². The highest BCUT2D eigenvalue weighted by atomic mass is 35.5. The van der Waals surface area contributed by atoms with Crippen LogP contribution in [-0.2, 0) is 21.1 Å². The Morgan fingerprint density at radius 1 is 1.14 bits per heavy atom. The third kappa shape index (κ3) is 2.47. The van der Waals surface area contributed by atoms with Crippen molar-refractivity contribution in [2.24, 2.45) is 0 Å². The number of fused-ring (bicyclic) bond motifs is 1. The number of rotatable bonds is 2. The fourth-order valence-electron chi connectivity index (χ4n) is 2.22. The van der Waals surface area contributed by atoms with E-state index in [4.69, 9.17) is 27.9 Å². The zero-order valence-corrected chi connectivity index (χ0v) is 12.9. The standard InChI is InChI=1S/C13H9BCl2O4S/c15-11-2-1-3-12(16)13(11)21(18,19)9-5-4-8-7-20-14(17)10(8)6-9/h1-6,17H,7H2. The van der Waals surface area contributed by atoms with E-state index in [1.165, 1.54) is 24.3 Å². The minimum Gasteiger partial charge on any atom is -0.423 e. The van der Waals surface area contributed by atoms with Gasteiger partial charge in [0.1, 0.15) is 4.90 Å². The normalized spacial score (nSPS) is 14.3. The highest BCUT2D eigenvalue weighted by Gasteiger charge is 2.31. The summed E-state index contributed by atoms with van der Waals surface area (Å²) in [4.78, 5) is -0.123. The first kappa shape index (κ1) is 14.9. The Balaban J connectivity index is 2.18. The quantitative estimate of drug-likeness (QED) is 0.848. The van der Waals surface area contributed by atoms with Gasteiger partial charge in [0.05, 0.1) is 21.5 Å². The number of benzene rings is 2. The van der Waals surface area contributed by atoms with Crippen molar-refractivity contribution in [2.75, 3.05) is 0 Å². The van der Waals surface area contributed by atoms with Crippen molar-refractivity contribution in [3.63, 3.8) is 0 Å². The van der Waals surface area contributed by atoms with Crippen LogP contribution < -0.4 is 5.46 Å². The summed E-state index contributed by atoms with van der Waals surface area (Å²) in [5.74, 6) is 0. The van der Waals surface area contributed by atoms with E-state index in [1.54, 1.807) is 12.1 Å². The molecule has 1 aliphatic rings. The predicted molar refractivity (Wildman–Crippen MR) is 80.8 cm³/mol. The molecule has 0 saturated carbocycles. The molecule has 0 amide bonds. The minimum absolute atomic E-state index is 0.0146. The molecule has 0 bridgehead atoms. The van der Waals surface area contributed by atoms with Crippen LogP contribution in [0, 0.1) is 0 Å². The van der Waals surface area contributed by atoms with Crippen LogP contribution >= 0.6 is 23.2 Å². The van der Waals surface area contributed by atoms with Gasteiger partial charge in [0.2, 0.25) is 9.84 Å². The topological polar surface area (TPSA) is 63.6 Å². The third-order valence-electron chi connectivity index (χ3n) is 3.28. The molecule has 2 aromatic carbocycles. The Kier molecular flexibility index (Phi) is 3.75. The van der Waals surface area contributed by atoms with E-state index >= 15 is 0 Å². The van der Waals surface area contributed by atoms with E-state index in [0.717, 1.165) is 5.56 Å². The second-order valence-corrected chi connectivity index (χ2v) is 7.28. The molecule has 108 valence electrons.